The van der Waals surface area contributed by atoms with Gasteiger partial charge in [0.25, 0.3) is 0 Å². The molecule has 0 saturated carbocycles. The van der Waals surface area contributed by atoms with Gasteiger partial charge in [0.15, 0.2) is 9.84 Å². The van der Waals surface area contributed by atoms with E-state index in [4.69, 9.17) is 5.11 Å². The summed E-state index contributed by atoms with van der Waals surface area (Å²) in [4.78, 5) is 0. The van der Waals surface area contributed by atoms with E-state index < -0.39 is 9.84 Å². The summed E-state index contributed by atoms with van der Waals surface area (Å²) in [6.45, 7) is 1.90. The third-order valence-corrected chi connectivity index (χ3v) is 4.08. The van der Waals surface area contributed by atoms with Crippen LogP contribution in [0.25, 0.3) is 0 Å². The smallest absolute Gasteiger partial charge is 0.151 e. The van der Waals surface area contributed by atoms with E-state index >= 15 is 0 Å². The van der Waals surface area contributed by atoms with Crippen molar-refractivity contribution in [2.75, 3.05) is 18.1 Å². The van der Waals surface area contributed by atoms with Gasteiger partial charge in [-0.05, 0) is 19.8 Å². The molecule has 78 valence electrons. The van der Waals surface area contributed by atoms with E-state index in [2.05, 4.69) is 5.32 Å². The van der Waals surface area contributed by atoms with Crippen molar-refractivity contribution >= 4 is 9.84 Å². The van der Waals surface area contributed by atoms with Gasteiger partial charge in [-0.15, -0.1) is 0 Å². The molecular weight excluding hydrogens is 190 g/mol. The first-order valence-electron chi connectivity index (χ1n) is 4.61. The lowest BCUT2D eigenvalue weighted by atomic mass is 10.1. The summed E-state index contributed by atoms with van der Waals surface area (Å²) in [6, 6.07) is 0.0131. The van der Waals surface area contributed by atoms with Crippen LogP contribution in [0.15, 0.2) is 0 Å². The van der Waals surface area contributed by atoms with Gasteiger partial charge in [-0.25, -0.2) is 8.42 Å². The maximum absolute atomic E-state index is 11.2. The molecule has 1 aliphatic rings. The average Bonchev–Trinajstić information content (AvgIpc) is 2.02. The number of aliphatic hydroxyl groups is 1. The third kappa shape index (κ3) is 3.62. The van der Waals surface area contributed by atoms with Crippen LogP contribution in [0.5, 0.6) is 0 Å². The molecule has 0 spiro atoms. The molecule has 1 saturated heterocycles. The second-order valence-electron chi connectivity index (χ2n) is 3.70. The van der Waals surface area contributed by atoms with Crippen LogP contribution in [0.3, 0.4) is 0 Å². The molecule has 5 heteroatoms. The molecule has 1 fully saturated rings. The number of sulfone groups is 1. The molecule has 13 heavy (non-hydrogen) atoms. The summed E-state index contributed by atoms with van der Waals surface area (Å²) in [5, 5.41) is 11.9. The van der Waals surface area contributed by atoms with Crippen molar-refractivity contribution in [2.45, 2.75) is 31.8 Å². The maximum Gasteiger partial charge on any atom is 0.151 e. The normalized spacial score (nSPS) is 29.8. The van der Waals surface area contributed by atoms with E-state index in [0.717, 1.165) is 12.8 Å². The van der Waals surface area contributed by atoms with Gasteiger partial charge in [0.2, 0.25) is 0 Å². The SMILES string of the molecule is C[C@@H](CO)NC1CCCS(=O)(=O)C1. The molecule has 0 radical (unpaired) electrons. The van der Waals surface area contributed by atoms with Gasteiger partial charge in [-0.2, -0.15) is 0 Å². The van der Waals surface area contributed by atoms with Crippen LogP contribution in [-0.4, -0.2) is 43.7 Å². The number of nitrogens with one attached hydrogen (secondary N) is 1. The minimum atomic E-state index is -2.83. The fourth-order valence-electron chi connectivity index (χ4n) is 1.61. The van der Waals surface area contributed by atoms with Crippen LogP contribution >= 0.6 is 0 Å². The Morgan fingerprint density at radius 1 is 1.62 bits per heavy atom. The van der Waals surface area contributed by atoms with E-state index in [1.54, 1.807) is 0 Å². The summed E-state index contributed by atoms with van der Waals surface area (Å²) >= 11 is 0. The quantitative estimate of drug-likeness (QED) is 0.657. The highest BCUT2D eigenvalue weighted by Gasteiger charge is 2.25. The van der Waals surface area contributed by atoms with Gasteiger partial charge in [-0.1, -0.05) is 0 Å². The number of rotatable bonds is 3. The van der Waals surface area contributed by atoms with Gasteiger partial charge in [-0.3, -0.25) is 0 Å². The minimum absolute atomic E-state index is 0.0155. The predicted molar refractivity (Wildman–Crippen MR) is 51.4 cm³/mol. The van der Waals surface area contributed by atoms with Gasteiger partial charge in [0.05, 0.1) is 18.1 Å². The van der Waals surface area contributed by atoms with Gasteiger partial charge >= 0.3 is 0 Å². The van der Waals surface area contributed by atoms with Crippen LogP contribution in [-0.2, 0) is 9.84 Å². The Morgan fingerprint density at radius 2 is 2.31 bits per heavy atom. The summed E-state index contributed by atoms with van der Waals surface area (Å²) < 4.78 is 22.5. The van der Waals surface area contributed by atoms with Crippen molar-refractivity contribution in [1.29, 1.82) is 0 Å². The molecule has 0 aromatic carbocycles. The zero-order chi connectivity index (χ0) is 9.90. The zero-order valence-electron chi connectivity index (χ0n) is 7.86. The summed E-state index contributed by atoms with van der Waals surface area (Å²) in [5.74, 6) is 0.538. The fourth-order valence-corrected chi connectivity index (χ4v) is 3.26. The molecule has 1 aliphatic heterocycles. The van der Waals surface area contributed by atoms with Crippen LogP contribution in [0.4, 0.5) is 0 Å². The summed E-state index contributed by atoms with van der Waals surface area (Å²) in [5.41, 5.74) is 0. The highest BCUT2D eigenvalue weighted by Crippen LogP contribution is 2.12. The molecule has 0 aliphatic carbocycles. The van der Waals surface area contributed by atoms with Crippen LogP contribution < -0.4 is 5.32 Å². The summed E-state index contributed by atoms with van der Waals surface area (Å²) in [6.07, 6.45) is 1.63. The molecule has 2 atom stereocenters. The topological polar surface area (TPSA) is 66.4 Å². The number of hydrogen-bond donors (Lipinski definition) is 2. The largest absolute Gasteiger partial charge is 0.395 e. The Hall–Kier alpha value is -0.130. The second-order valence-corrected chi connectivity index (χ2v) is 5.93. The Kier molecular flexibility index (Phi) is 3.70. The van der Waals surface area contributed by atoms with E-state index in [9.17, 15) is 8.42 Å². The van der Waals surface area contributed by atoms with Gasteiger partial charge in [0, 0.05) is 12.1 Å². The highest BCUT2D eigenvalue weighted by molar-refractivity contribution is 7.91. The van der Waals surface area contributed by atoms with Crippen molar-refractivity contribution < 1.29 is 13.5 Å². The molecule has 0 bridgehead atoms. The monoisotopic (exact) mass is 207 g/mol. The van der Waals surface area contributed by atoms with Crippen molar-refractivity contribution in [2.24, 2.45) is 0 Å². The second kappa shape index (κ2) is 4.39. The van der Waals surface area contributed by atoms with E-state index in [-0.39, 0.29) is 24.4 Å². The maximum atomic E-state index is 11.2. The molecule has 2 N–H and O–H groups in total. The predicted octanol–water partition coefficient (Wildman–Crippen LogP) is -0.466. The molecule has 0 aromatic heterocycles. The molecule has 4 nitrogen and oxygen atoms in total. The van der Waals surface area contributed by atoms with Crippen molar-refractivity contribution in [3.63, 3.8) is 0 Å². The Balaban J connectivity index is 2.43. The number of hydrogen-bond acceptors (Lipinski definition) is 4. The standard InChI is InChI=1S/C8H17NO3S/c1-7(5-10)9-8-3-2-4-13(11,12)6-8/h7-10H,2-6H2,1H3/t7-,8?/m0/s1. The molecule has 0 aromatic rings. The molecule has 1 unspecified atom stereocenters. The van der Waals surface area contributed by atoms with Crippen molar-refractivity contribution in [3.05, 3.63) is 0 Å². The van der Waals surface area contributed by atoms with Crippen LogP contribution in [0.1, 0.15) is 19.8 Å². The van der Waals surface area contributed by atoms with Gasteiger partial charge < -0.3 is 10.4 Å². The fraction of sp³-hybridized carbons (Fsp3) is 1.00. The van der Waals surface area contributed by atoms with E-state index in [1.807, 2.05) is 6.92 Å². The Bertz CT molecular complexity index is 250. The minimum Gasteiger partial charge on any atom is -0.395 e. The summed E-state index contributed by atoms with van der Waals surface area (Å²) in [7, 11) is -2.83. The van der Waals surface area contributed by atoms with Gasteiger partial charge in [0.1, 0.15) is 0 Å². The average molecular weight is 207 g/mol. The number of aliphatic hydroxyl groups excluding tert-OH is 1. The lowest BCUT2D eigenvalue weighted by Gasteiger charge is -2.25. The molecule has 1 rings (SSSR count). The Labute approximate surface area is 79.3 Å². The molecule has 0 amide bonds. The van der Waals surface area contributed by atoms with E-state index in [1.165, 1.54) is 0 Å². The lowest BCUT2D eigenvalue weighted by molar-refractivity contribution is 0.240. The van der Waals surface area contributed by atoms with E-state index in [0.29, 0.717) is 5.75 Å². The lowest BCUT2D eigenvalue weighted by Crippen LogP contribution is -2.45. The molecule has 1 heterocycles. The highest BCUT2D eigenvalue weighted by atomic mass is 32.2. The molecular formula is C8H17NO3S. The third-order valence-electron chi connectivity index (χ3n) is 2.26. The zero-order valence-corrected chi connectivity index (χ0v) is 8.68. The van der Waals surface area contributed by atoms with Crippen LogP contribution in [0, 0.1) is 0 Å². The first-order chi connectivity index (χ1) is 6.03. The van der Waals surface area contributed by atoms with Crippen LogP contribution in [0.2, 0.25) is 0 Å². The first-order valence-corrected chi connectivity index (χ1v) is 6.43. The van der Waals surface area contributed by atoms with Crippen molar-refractivity contribution in [1.82, 2.24) is 5.32 Å². The first kappa shape index (κ1) is 10.9. The van der Waals surface area contributed by atoms with Crippen molar-refractivity contribution in [3.8, 4) is 0 Å². The Morgan fingerprint density at radius 3 is 2.85 bits per heavy atom.